The Labute approximate surface area is 178 Å². The Kier molecular flexibility index (Phi) is 6.07. The molecule has 2 aromatic rings. The number of hydrogen-bond acceptors (Lipinski definition) is 5. The van der Waals surface area contributed by atoms with Gasteiger partial charge in [0.25, 0.3) is 0 Å². The summed E-state index contributed by atoms with van der Waals surface area (Å²) in [7, 11) is 1.40. The second-order valence-corrected chi connectivity index (χ2v) is 7.76. The maximum atomic E-state index is 12.1. The van der Waals surface area contributed by atoms with E-state index < -0.39 is 0 Å². The molecule has 4 rings (SSSR count). The van der Waals surface area contributed by atoms with Crippen LogP contribution in [0.25, 0.3) is 0 Å². The number of fused-ring (bicyclic) bond motifs is 3. The number of nitrogens with zero attached hydrogens (tertiary/aromatic N) is 1. The number of carbonyl (C=O) groups is 1. The van der Waals surface area contributed by atoms with E-state index in [0.717, 1.165) is 41.2 Å². The van der Waals surface area contributed by atoms with E-state index in [0.29, 0.717) is 24.7 Å². The van der Waals surface area contributed by atoms with Gasteiger partial charge >= 0.3 is 5.97 Å². The molecule has 5 heteroatoms. The van der Waals surface area contributed by atoms with E-state index in [1.807, 2.05) is 32.0 Å². The van der Waals surface area contributed by atoms with Gasteiger partial charge in [-0.05, 0) is 56.5 Å². The Bertz CT molecular complexity index is 966. The van der Waals surface area contributed by atoms with E-state index in [1.54, 1.807) is 6.07 Å². The summed E-state index contributed by atoms with van der Waals surface area (Å²) in [5.74, 6) is 1.60. The molecule has 30 heavy (non-hydrogen) atoms. The molecule has 2 atom stereocenters. The van der Waals surface area contributed by atoms with Gasteiger partial charge in [-0.3, -0.25) is 4.99 Å². The number of esters is 1. The summed E-state index contributed by atoms with van der Waals surface area (Å²) in [6, 6.07) is 12.0. The lowest BCUT2D eigenvalue weighted by Gasteiger charge is -2.36. The van der Waals surface area contributed by atoms with Crippen molar-refractivity contribution in [3.8, 4) is 11.5 Å². The average Bonchev–Trinajstić information content (AvgIpc) is 2.79. The maximum absolute atomic E-state index is 12.1. The van der Waals surface area contributed by atoms with E-state index in [-0.39, 0.29) is 12.0 Å². The summed E-state index contributed by atoms with van der Waals surface area (Å²) < 4.78 is 16.7. The molecule has 0 amide bonds. The van der Waals surface area contributed by atoms with Crippen molar-refractivity contribution in [2.45, 2.75) is 51.5 Å². The maximum Gasteiger partial charge on any atom is 0.337 e. The van der Waals surface area contributed by atoms with Crippen LogP contribution in [0.1, 0.15) is 72.5 Å². The van der Waals surface area contributed by atoms with Gasteiger partial charge in [0.15, 0.2) is 11.5 Å². The SMILES string of the molecule is CCOc1cc2c(cc1OCC)[C@H]1CCCC[C@H]1N=C2c1cccc(C(=O)OC)c1. The van der Waals surface area contributed by atoms with E-state index in [1.165, 1.54) is 25.5 Å². The summed E-state index contributed by atoms with van der Waals surface area (Å²) in [6.45, 7) is 5.12. The molecule has 1 heterocycles. The summed E-state index contributed by atoms with van der Waals surface area (Å²) in [5.41, 5.74) is 4.73. The minimum absolute atomic E-state index is 0.260. The first-order chi connectivity index (χ1) is 14.7. The molecule has 5 nitrogen and oxygen atoms in total. The number of carbonyl (C=O) groups excluding carboxylic acids is 1. The Morgan fingerprint density at radius 3 is 2.50 bits per heavy atom. The van der Waals surface area contributed by atoms with Gasteiger partial charge in [-0.2, -0.15) is 0 Å². The zero-order chi connectivity index (χ0) is 21.1. The van der Waals surface area contributed by atoms with Crippen LogP contribution in [0.5, 0.6) is 11.5 Å². The summed E-state index contributed by atoms with van der Waals surface area (Å²) in [4.78, 5) is 17.3. The quantitative estimate of drug-likeness (QED) is 0.622. The predicted octanol–water partition coefficient (Wildman–Crippen LogP) is 5.15. The highest BCUT2D eigenvalue weighted by Crippen LogP contribution is 2.45. The topological polar surface area (TPSA) is 57.1 Å². The van der Waals surface area contributed by atoms with Crippen molar-refractivity contribution in [1.29, 1.82) is 0 Å². The Hall–Kier alpha value is -2.82. The first-order valence-electron chi connectivity index (χ1n) is 10.9. The molecular weight excluding hydrogens is 378 g/mol. The molecule has 1 saturated carbocycles. The lowest BCUT2D eigenvalue weighted by atomic mass is 9.75. The van der Waals surface area contributed by atoms with Crippen molar-refractivity contribution in [2.24, 2.45) is 4.99 Å². The lowest BCUT2D eigenvalue weighted by molar-refractivity contribution is 0.0600. The molecule has 0 aromatic heterocycles. The van der Waals surface area contributed by atoms with Crippen LogP contribution >= 0.6 is 0 Å². The molecule has 2 aromatic carbocycles. The van der Waals surface area contributed by atoms with Crippen molar-refractivity contribution < 1.29 is 19.0 Å². The smallest absolute Gasteiger partial charge is 0.337 e. The van der Waals surface area contributed by atoms with Crippen LogP contribution in [0.2, 0.25) is 0 Å². The summed E-state index contributed by atoms with van der Waals surface area (Å²) >= 11 is 0. The van der Waals surface area contributed by atoms with Crippen molar-refractivity contribution in [2.75, 3.05) is 20.3 Å². The molecule has 0 radical (unpaired) electrons. The van der Waals surface area contributed by atoms with Gasteiger partial charge in [0.1, 0.15) is 0 Å². The average molecular weight is 408 g/mol. The van der Waals surface area contributed by atoms with Crippen LogP contribution in [-0.4, -0.2) is 38.0 Å². The van der Waals surface area contributed by atoms with Gasteiger partial charge in [0.05, 0.1) is 37.6 Å². The molecule has 0 unspecified atom stereocenters. The van der Waals surface area contributed by atoms with Crippen molar-refractivity contribution in [3.63, 3.8) is 0 Å². The van der Waals surface area contributed by atoms with Crippen LogP contribution in [0.4, 0.5) is 0 Å². The second kappa shape index (κ2) is 8.90. The first-order valence-corrected chi connectivity index (χ1v) is 10.9. The van der Waals surface area contributed by atoms with E-state index in [2.05, 4.69) is 12.1 Å². The van der Waals surface area contributed by atoms with E-state index in [4.69, 9.17) is 19.2 Å². The number of rotatable bonds is 6. The van der Waals surface area contributed by atoms with Crippen molar-refractivity contribution >= 4 is 11.7 Å². The van der Waals surface area contributed by atoms with Gasteiger partial charge in [0.2, 0.25) is 0 Å². The minimum Gasteiger partial charge on any atom is -0.490 e. The highest BCUT2D eigenvalue weighted by atomic mass is 16.5. The fraction of sp³-hybridized carbons (Fsp3) is 0.440. The molecule has 0 saturated heterocycles. The number of methoxy groups -OCH3 is 1. The largest absolute Gasteiger partial charge is 0.490 e. The summed E-state index contributed by atoms with van der Waals surface area (Å²) in [5, 5.41) is 0. The molecule has 0 N–H and O–H groups in total. The molecule has 0 bridgehead atoms. The zero-order valence-corrected chi connectivity index (χ0v) is 17.9. The van der Waals surface area contributed by atoms with Gasteiger partial charge in [0, 0.05) is 17.0 Å². The lowest BCUT2D eigenvalue weighted by Crippen LogP contribution is -2.29. The van der Waals surface area contributed by atoms with E-state index in [9.17, 15) is 4.79 Å². The second-order valence-electron chi connectivity index (χ2n) is 7.76. The molecule has 1 aliphatic carbocycles. The van der Waals surface area contributed by atoms with Crippen molar-refractivity contribution in [3.05, 3.63) is 58.7 Å². The van der Waals surface area contributed by atoms with Crippen LogP contribution in [0.15, 0.2) is 41.4 Å². The summed E-state index contributed by atoms with van der Waals surface area (Å²) in [6.07, 6.45) is 4.64. The molecule has 1 aliphatic heterocycles. The van der Waals surface area contributed by atoms with Crippen LogP contribution < -0.4 is 9.47 Å². The molecule has 1 fully saturated rings. The van der Waals surface area contributed by atoms with Gasteiger partial charge < -0.3 is 14.2 Å². The van der Waals surface area contributed by atoms with Crippen LogP contribution in [0.3, 0.4) is 0 Å². The minimum atomic E-state index is -0.342. The third-order valence-electron chi connectivity index (χ3n) is 5.95. The first kappa shape index (κ1) is 20.5. The van der Waals surface area contributed by atoms with E-state index >= 15 is 0 Å². The number of aliphatic imine (C=N–C) groups is 1. The van der Waals surface area contributed by atoms with Crippen molar-refractivity contribution in [1.82, 2.24) is 0 Å². The third-order valence-corrected chi connectivity index (χ3v) is 5.95. The van der Waals surface area contributed by atoms with Gasteiger partial charge in [-0.1, -0.05) is 25.0 Å². The number of hydrogen-bond donors (Lipinski definition) is 0. The highest BCUT2D eigenvalue weighted by Gasteiger charge is 2.34. The fourth-order valence-corrected chi connectivity index (χ4v) is 4.63. The Balaban J connectivity index is 1.87. The molecule has 158 valence electrons. The highest BCUT2D eigenvalue weighted by molar-refractivity contribution is 6.15. The molecular formula is C25H29NO4. The normalized spacial score (nSPS) is 19.9. The van der Waals surface area contributed by atoms with Gasteiger partial charge in [-0.15, -0.1) is 0 Å². The molecule has 2 aliphatic rings. The third kappa shape index (κ3) is 3.81. The number of benzene rings is 2. The Morgan fingerprint density at radius 2 is 1.77 bits per heavy atom. The molecule has 0 spiro atoms. The monoisotopic (exact) mass is 407 g/mol. The zero-order valence-electron chi connectivity index (χ0n) is 17.9. The standard InChI is InChI=1S/C25H29NO4/c1-4-29-22-14-19-18-11-6-7-12-21(18)26-24(20(19)15-23(22)30-5-2)16-9-8-10-17(13-16)25(27)28-3/h8-10,13-15,18,21H,4-7,11-12H2,1-3H3/t18-,21-/m1/s1. The number of ether oxygens (including phenoxy) is 3. The fourth-order valence-electron chi connectivity index (χ4n) is 4.63. The predicted molar refractivity (Wildman–Crippen MR) is 117 cm³/mol. The van der Waals surface area contributed by atoms with Crippen LogP contribution in [-0.2, 0) is 4.74 Å². The van der Waals surface area contributed by atoms with Crippen LogP contribution in [0, 0.1) is 0 Å². The Morgan fingerprint density at radius 1 is 1.03 bits per heavy atom. The van der Waals surface area contributed by atoms with Gasteiger partial charge in [-0.25, -0.2) is 4.79 Å².